The maximum atomic E-state index is 12.9. The number of hydrogen-bond acceptors (Lipinski definition) is 4. The molecule has 2 aliphatic rings. The van der Waals surface area contributed by atoms with Crippen LogP contribution in [0.15, 0.2) is 30.3 Å². The highest BCUT2D eigenvalue weighted by Crippen LogP contribution is 2.39. The van der Waals surface area contributed by atoms with E-state index in [0.29, 0.717) is 13.2 Å². The number of likely N-dealkylation sites (tertiary alicyclic amines) is 1. The minimum Gasteiger partial charge on any atom is -0.493 e. The summed E-state index contributed by atoms with van der Waals surface area (Å²) < 4.78 is 6.18. The number of nitrogens with one attached hydrogen (secondary N) is 2. The number of ether oxygens (including phenoxy) is 1. The molecule has 180 valence electrons. The number of piperidine rings is 1. The number of fused-ring (bicyclic) bond motifs is 2. The Morgan fingerprint density at radius 3 is 2.68 bits per heavy atom. The van der Waals surface area contributed by atoms with E-state index in [9.17, 15) is 4.79 Å². The first kappa shape index (κ1) is 22.9. The molecule has 0 aliphatic carbocycles. The highest BCUT2D eigenvalue weighted by Gasteiger charge is 2.30. The molecule has 5 rings (SSSR count). The van der Waals surface area contributed by atoms with Gasteiger partial charge in [-0.2, -0.15) is 0 Å². The van der Waals surface area contributed by atoms with Gasteiger partial charge >= 0.3 is 0 Å². The van der Waals surface area contributed by atoms with Gasteiger partial charge in [-0.3, -0.25) is 9.69 Å². The average Bonchev–Trinajstić information content (AvgIpc) is 3.42. The zero-order valence-electron chi connectivity index (χ0n) is 20.7. The molecule has 1 amide bonds. The number of carbonyl (C=O) groups excluding carboxylic acids is 1. The fraction of sp³-hybridized carbons (Fsp3) is 0.464. The van der Waals surface area contributed by atoms with Crippen LogP contribution >= 0.6 is 0 Å². The Bertz CT molecular complexity index is 1190. The van der Waals surface area contributed by atoms with Gasteiger partial charge in [-0.25, -0.2) is 0 Å². The standard InChI is InChI=1S/C28H36N4O2/c1-4-12-34-27-21(18-31(2)3)14-22(26-23(27)16-29-28(26)33)25-15-20-13-19(8-9-24(20)30-25)17-32-10-6-5-7-11-32/h8-9,13-15,30H,4-7,10-12,16-18H2,1-3H3,(H,29,33). The molecule has 2 N–H and O–H groups in total. The average molecular weight is 461 g/mol. The summed E-state index contributed by atoms with van der Waals surface area (Å²) in [6.45, 7) is 7.41. The lowest BCUT2D eigenvalue weighted by Gasteiger charge is -2.26. The molecule has 0 saturated carbocycles. The van der Waals surface area contributed by atoms with Gasteiger partial charge in [0.2, 0.25) is 0 Å². The smallest absolute Gasteiger partial charge is 0.252 e. The number of aromatic nitrogens is 1. The van der Waals surface area contributed by atoms with Crippen LogP contribution in [0.3, 0.4) is 0 Å². The van der Waals surface area contributed by atoms with Crippen molar-refractivity contribution in [1.29, 1.82) is 0 Å². The summed E-state index contributed by atoms with van der Waals surface area (Å²) >= 11 is 0. The van der Waals surface area contributed by atoms with Gasteiger partial charge in [-0.05, 0) is 76.3 Å². The number of carbonyl (C=O) groups is 1. The number of H-pyrrole nitrogens is 1. The van der Waals surface area contributed by atoms with E-state index in [0.717, 1.165) is 58.7 Å². The highest BCUT2D eigenvalue weighted by molar-refractivity contribution is 6.06. The molecule has 3 aromatic rings. The molecule has 0 spiro atoms. The summed E-state index contributed by atoms with van der Waals surface area (Å²) in [5, 5.41) is 4.22. The number of benzene rings is 2. The molecular formula is C28H36N4O2. The second-order valence-corrected chi connectivity index (χ2v) is 9.98. The number of rotatable bonds is 8. The van der Waals surface area contributed by atoms with Crippen LogP contribution in [0.5, 0.6) is 5.75 Å². The molecule has 34 heavy (non-hydrogen) atoms. The third-order valence-electron chi connectivity index (χ3n) is 6.88. The topological polar surface area (TPSA) is 60.6 Å². The first-order valence-corrected chi connectivity index (χ1v) is 12.6. The molecular weight excluding hydrogens is 424 g/mol. The SMILES string of the molecule is CCCOc1c(CN(C)C)cc(-c2cc3cc(CN4CCCCC4)ccc3[nH]2)c2c1CNC2=O. The molecule has 1 aromatic heterocycles. The molecule has 0 atom stereocenters. The van der Waals surface area contributed by atoms with E-state index in [-0.39, 0.29) is 5.91 Å². The molecule has 0 radical (unpaired) electrons. The lowest BCUT2D eigenvalue weighted by atomic mass is 9.95. The second kappa shape index (κ2) is 9.80. The second-order valence-electron chi connectivity index (χ2n) is 9.98. The van der Waals surface area contributed by atoms with Gasteiger partial charge in [-0.15, -0.1) is 0 Å². The van der Waals surface area contributed by atoms with Crippen LogP contribution in [0.1, 0.15) is 59.7 Å². The zero-order chi connectivity index (χ0) is 23.7. The van der Waals surface area contributed by atoms with Crippen LogP contribution in [0.2, 0.25) is 0 Å². The first-order valence-electron chi connectivity index (χ1n) is 12.6. The summed E-state index contributed by atoms with van der Waals surface area (Å²) in [6.07, 6.45) is 4.89. The molecule has 3 heterocycles. The van der Waals surface area contributed by atoms with Crippen LogP contribution < -0.4 is 10.1 Å². The van der Waals surface area contributed by atoms with Crippen LogP contribution in [0.4, 0.5) is 0 Å². The van der Waals surface area contributed by atoms with Crippen molar-refractivity contribution in [3.05, 3.63) is 52.6 Å². The number of amides is 1. The summed E-state index contributed by atoms with van der Waals surface area (Å²) in [5.41, 5.74) is 7.24. The molecule has 6 nitrogen and oxygen atoms in total. The summed E-state index contributed by atoms with van der Waals surface area (Å²) in [4.78, 5) is 21.2. The van der Waals surface area contributed by atoms with Crippen LogP contribution in [-0.2, 0) is 19.6 Å². The molecule has 1 fully saturated rings. The number of nitrogens with zero attached hydrogens (tertiary/aromatic N) is 2. The zero-order valence-corrected chi connectivity index (χ0v) is 20.7. The van der Waals surface area contributed by atoms with Crippen LogP contribution in [-0.4, -0.2) is 54.5 Å². The van der Waals surface area contributed by atoms with Crippen molar-refractivity contribution in [1.82, 2.24) is 20.1 Å². The lowest BCUT2D eigenvalue weighted by molar-refractivity contribution is 0.0966. The minimum absolute atomic E-state index is 0.0211. The Labute approximate surface area is 202 Å². The molecule has 0 bridgehead atoms. The largest absolute Gasteiger partial charge is 0.493 e. The van der Waals surface area contributed by atoms with Gasteiger partial charge in [0.1, 0.15) is 5.75 Å². The minimum atomic E-state index is -0.0211. The summed E-state index contributed by atoms with van der Waals surface area (Å²) in [5.74, 6) is 0.847. The normalized spacial score (nSPS) is 16.3. The predicted octanol–water partition coefficient (Wildman–Crippen LogP) is 4.91. The van der Waals surface area contributed by atoms with Crippen molar-refractivity contribution >= 4 is 16.8 Å². The van der Waals surface area contributed by atoms with Gasteiger partial charge in [0.05, 0.1) is 12.2 Å². The maximum absolute atomic E-state index is 12.9. The molecule has 2 aromatic carbocycles. The van der Waals surface area contributed by atoms with E-state index in [1.807, 2.05) is 0 Å². The quantitative estimate of drug-likeness (QED) is 0.501. The molecule has 6 heteroatoms. The fourth-order valence-electron chi connectivity index (χ4n) is 5.32. The number of hydrogen-bond donors (Lipinski definition) is 2. The van der Waals surface area contributed by atoms with Crippen molar-refractivity contribution < 1.29 is 9.53 Å². The van der Waals surface area contributed by atoms with Gasteiger partial charge < -0.3 is 19.9 Å². The summed E-state index contributed by atoms with van der Waals surface area (Å²) in [6, 6.07) is 11.0. The van der Waals surface area contributed by atoms with E-state index in [1.165, 1.54) is 43.3 Å². The van der Waals surface area contributed by atoms with Crippen molar-refractivity contribution in [2.75, 3.05) is 33.8 Å². The Kier molecular flexibility index (Phi) is 6.61. The Balaban J connectivity index is 1.55. The van der Waals surface area contributed by atoms with Crippen LogP contribution in [0.25, 0.3) is 22.2 Å². The molecule has 2 aliphatic heterocycles. The first-order chi connectivity index (χ1) is 16.5. The third kappa shape index (κ3) is 4.57. The van der Waals surface area contributed by atoms with Gasteiger partial charge in [0, 0.05) is 52.9 Å². The fourth-order valence-corrected chi connectivity index (χ4v) is 5.32. The van der Waals surface area contributed by atoms with Gasteiger partial charge in [-0.1, -0.05) is 19.4 Å². The van der Waals surface area contributed by atoms with E-state index in [1.54, 1.807) is 0 Å². The van der Waals surface area contributed by atoms with Crippen molar-refractivity contribution in [2.24, 2.45) is 0 Å². The lowest BCUT2D eigenvalue weighted by Crippen LogP contribution is -2.28. The summed E-state index contributed by atoms with van der Waals surface area (Å²) in [7, 11) is 4.12. The molecule has 0 unspecified atom stereocenters. The van der Waals surface area contributed by atoms with Crippen molar-refractivity contribution in [3.8, 4) is 17.0 Å². The van der Waals surface area contributed by atoms with E-state index >= 15 is 0 Å². The predicted molar refractivity (Wildman–Crippen MR) is 137 cm³/mol. The van der Waals surface area contributed by atoms with E-state index in [2.05, 4.69) is 71.5 Å². The van der Waals surface area contributed by atoms with Crippen molar-refractivity contribution in [3.63, 3.8) is 0 Å². The third-order valence-corrected chi connectivity index (χ3v) is 6.88. The highest BCUT2D eigenvalue weighted by atomic mass is 16.5. The van der Waals surface area contributed by atoms with Gasteiger partial charge in [0.15, 0.2) is 0 Å². The number of aromatic amines is 1. The monoisotopic (exact) mass is 460 g/mol. The van der Waals surface area contributed by atoms with Crippen LogP contribution in [0, 0.1) is 0 Å². The van der Waals surface area contributed by atoms with E-state index in [4.69, 9.17) is 4.74 Å². The van der Waals surface area contributed by atoms with Crippen molar-refractivity contribution in [2.45, 2.75) is 52.2 Å². The maximum Gasteiger partial charge on any atom is 0.252 e. The Morgan fingerprint density at radius 2 is 1.91 bits per heavy atom. The van der Waals surface area contributed by atoms with Gasteiger partial charge in [0.25, 0.3) is 5.91 Å². The Hall–Kier alpha value is -2.83. The molecule has 1 saturated heterocycles. The Morgan fingerprint density at radius 1 is 1.09 bits per heavy atom. The van der Waals surface area contributed by atoms with E-state index < -0.39 is 0 Å².